The molecule has 0 saturated heterocycles. The molecule has 0 radical (unpaired) electrons. The van der Waals surface area contributed by atoms with Crippen LogP contribution in [-0.2, 0) is 9.57 Å². The molecule has 0 fully saturated rings. The Morgan fingerprint density at radius 1 is 1.28 bits per heavy atom. The smallest absolute Gasteiger partial charge is 0.435 e. The van der Waals surface area contributed by atoms with E-state index < -0.39 is 23.8 Å². The molecule has 1 aliphatic rings. The first-order chi connectivity index (χ1) is 11.7. The van der Waals surface area contributed by atoms with Gasteiger partial charge in [0, 0.05) is 0 Å². The second-order valence-electron chi connectivity index (χ2n) is 6.95. The van der Waals surface area contributed by atoms with Crippen molar-refractivity contribution in [1.82, 2.24) is 5.06 Å². The normalized spacial score (nSPS) is 20.9. The van der Waals surface area contributed by atoms with Gasteiger partial charge in [0.05, 0.1) is 13.2 Å². The molecular formula is C19H27NO5. The van der Waals surface area contributed by atoms with Gasteiger partial charge in [-0.05, 0) is 57.9 Å². The molecule has 1 N–H and O–H groups in total. The standard InChI is InChI=1S/C19H27NO5/c1-6-23-16-9-7-14(8-10-16)17-13(2)11-15(12-21)20(25-17)18(22)24-19(3,4)5/h7-11,15,17,21H,6,12H2,1-5H3. The largest absolute Gasteiger partial charge is 0.494 e. The molecule has 25 heavy (non-hydrogen) atoms. The Morgan fingerprint density at radius 3 is 2.44 bits per heavy atom. The highest BCUT2D eigenvalue weighted by atomic mass is 16.7. The number of aliphatic hydroxyl groups is 1. The molecule has 0 aliphatic carbocycles. The maximum absolute atomic E-state index is 12.4. The highest BCUT2D eigenvalue weighted by molar-refractivity contribution is 5.68. The van der Waals surface area contributed by atoms with Gasteiger partial charge >= 0.3 is 6.09 Å². The van der Waals surface area contributed by atoms with Gasteiger partial charge in [-0.3, -0.25) is 4.84 Å². The van der Waals surface area contributed by atoms with Crippen molar-refractivity contribution in [3.63, 3.8) is 0 Å². The summed E-state index contributed by atoms with van der Waals surface area (Å²) < 4.78 is 10.8. The monoisotopic (exact) mass is 349 g/mol. The van der Waals surface area contributed by atoms with E-state index >= 15 is 0 Å². The second-order valence-corrected chi connectivity index (χ2v) is 6.95. The van der Waals surface area contributed by atoms with Crippen LogP contribution < -0.4 is 4.74 Å². The fourth-order valence-corrected chi connectivity index (χ4v) is 2.57. The average Bonchev–Trinajstić information content (AvgIpc) is 2.54. The van der Waals surface area contributed by atoms with Crippen molar-refractivity contribution < 1.29 is 24.2 Å². The van der Waals surface area contributed by atoms with Gasteiger partial charge in [-0.15, -0.1) is 0 Å². The van der Waals surface area contributed by atoms with E-state index in [2.05, 4.69) is 0 Å². The van der Waals surface area contributed by atoms with Crippen molar-refractivity contribution in [2.24, 2.45) is 0 Å². The van der Waals surface area contributed by atoms with Crippen LogP contribution >= 0.6 is 0 Å². The Balaban J connectivity index is 2.23. The van der Waals surface area contributed by atoms with Crippen LogP contribution in [0.5, 0.6) is 5.75 Å². The van der Waals surface area contributed by atoms with E-state index in [9.17, 15) is 9.90 Å². The fraction of sp³-hybridized carbons (Fsp3) is 0.526. The molecule has 1 heterocycles. The van der Waals surface area contributed by atoms with Crippen molar-refractivity contribution in [1.29, 1.82) is 0 Å². The number of carbonyl (C=O) groups is 1. The number of amides is 1. The summed E-state index contributed by atoms with van der Waals surface area (Å²) >= 11 is 0. The molecule has 0 spiro atoms. The van der Waals surface area contributed by atoms with E-state index in [1.807, 2.05) is 44.2 Å². The van der Waals surface area contributed by atoms with Crippen LogP contribution in [0.15, 0.2) is 35.9 Å². The van der Waals surface area contributed by atoms with E-state index in [-0.39, 0.29) is 6.61 Å². The number of hydrogen-bond acceptors (Lipinski definition) is 5. The number of nitrogens with zero attached hydrogens (tertiary/aromatic N) is 1. The minimum Gasteiger partial charge on any atom is -0.494 e. The highest BCUT2D eigenvalue weighted by Gasteiger charge is 2.35. The Morgan fingerprint density at radius 2 is 1.92 bits per heavy atom. The van der Waals surface area contributed by atoms with Crippen molar-refractivity contribution in [3.8, 4) is 5.75 Å². The second kappa shape index (κ2) is 7.89. The quantitative estimate of drug-likeness (QED) is 0.841. The van der Waals surface area contributed by atoms with Gasteiger partial charge in [0.2, 0.25) is 0 Å². The van der Waals surface area contributed by atoms with Crippen molar-refractivity contribution in [3.05, 3.63) is 41.5 Å². The molecule has 2 rings (SSSR count). The van der Waals surface area contributed by atoms with Crippen LogP contribution in [-0.4, -0.2) is 41.1 Å². The topological polar surface area (TPSA) is 68.2 Å². The molecule has 1 aliphatic heterocycles. The first kappa shape index (κ1) is 19.3. The zero-order valence-corrected chi connectivity index (χ0v) is 15.5. The molecule has 1 aromatic carbocycles. The summed E-state index contributed by atoms with van der Waals surface area (Å²) in [7, 11) is 0. The molecule has 1 aromatic rings. The Hall–Kier alpha value is -2.05. The van der Waals surface area contributed by atoms with E-state index in [4.69, 9.17) is 14.3 Å². The van der Waals surface area contributed by atoms with Gasteiger partial charge in [0.25, 0.3) is 0 Å². The van der Waals surface area contributed by atoms with Gasteiger partial charge in [-0.1, -0.05) is 18.2 Å². The predicted octanol–water partition coefficient (Wildman–Crippen LogP) is 3.62. The maximum Gasteiger partial charge on any atom is 0.435 e. The third-order valence-corrected chi connectivity index (χ3v) is 3.64. The molecular weight excluding hydrogens is 322 g/mol. The van der Waals surface area contributed by atoms with E-state index in [1.165, 1.54) is 0 Å². The number of rotatable bonds is 4. The minimum absolute atomic E-state index is 0.243. The van der Waals surface area contributed by atoms with Crippen molar-refractivity contribution in [2.45, 2.75) is 52.4 Å². The van der Waals surface area contributed by atoms with Crippen LogP contribution in [0.2, 0.25) is 0 Å². The molecule has 0 saturated carbocycles. The highest BCUT2D eigenvalue weighted by Crippen LogP contribution is 2.33. The van der Waals surface area contributed by atoms with Gasteiger partial charge < -0.3 is 14.6 Å². The summed E-state index contributed by atoms with van der Waals surface area (Å²) in [5.41, 5.74) is 1.16. The number of ether oxygens (including phenoxy) is 2. The lowest BCUT2D eigenvalue weighted by molar-refractivity contribution is -0.201. The molecule has 1 amide bonds. The number of benzene rings is 1. The predicted molar refractivity (Wildman–Crippen MR) is 94.1 cm³/mol. The molecule has 0 aromatic heterocycles. The van der Waals surface area contributed by atoms with Crippen LogP contribution in [0.3, 0.4) is 0 Å². The lowest BCUT2D eigenvalue weighted by atomic mass is 9.99. The molecule has 2 atom stereocenters. The molecule has 2 unspecified atom stereocenters. The molecule has 6 nitrogen and oxygen atoms in total. The maximum atomic E-state index is 12.4. The van der Waals surface area contributed by atoms with E-state index in [0.717, 1.165) is 21.9 Å². The first-order valence-corrected chi connectivity index (χ1v) is 8.46. The average molecular weight is 349 g/mol. The third kappa shape index (κ3) is 4.96. The summed E-state index contributed by atoms with van der Waals surface area (Å²) in [5, 5.41) is 10.7. The van der Waals surface area contributed by atoms with Crippen molar-refractivity contribution in [2.75, 3.05) is 13.2 Å². The zero-order chi connectivity index (χ0) is 18.6. The number of aliphatic hydroxyl groups excluding tert-OH is 1. The summed E-state index contributed by atoms with van der Waals surface area (Å²) in [4.78, 5) is 18.3. The molecule has 0 bridgehead atoms. The number of hydroxylamine groups is 2. The van der Waals surface area contributed by atoms with Crippen LogP contribution in [0.1, 0.15) is 46.3 Å². The summed E-state index contributed by atoms with van der Waals surface area (Å²) in [5.74, 6) is 0.779. The zero-order valence-electron chi connectivity index (χ0n) is 15.5. The molecule has 138 valence electrons. The van der Waals surface area contributed by atoms with Gasteiger partial charge in [0.1, 0.15) is 23.5 Å². The lowest BCUT2D eigenvalue weighted by Gasteiger charge is -2.37. The minimum atomic E-state index is -0.648. The summed E-state index contributed by atoms with van der Waals surface area (Å²) in [6.07, 6.45) is 0.784. The Labute approximate surface area is 148 Å². The van der Waals surface area contributed by atoms with Crippen molar-refractivity contribution >= 4 is 6.09 Å². The van der Waals surface area contributed by atoms with Crippen LogP contribution in [0, 0.1) is 0 Å². The van der Waals surface area contributed by atoms with Gasteiger partial charge in [-0.25, -0.2) is 4.79 Å². The number of hydrogen-bond donors (Lipinski definition) is 1. The van der Waals surface area contributed by atoms with E-state index in [0.29, 0.717) is 6.61 Å². The van der Waals surface area contributed by atoms with Crippen LogP contribution in [0.25, 0.3) is 0 Å². The summed E-state index contributed by atoms with van der Waals surface area (Å²) in [6, 6.07) is 6.96. The lowest BCUT2D eigenvalue weighted by Crippen LogP contribution is -2.47. The molecule has 6 heteroatoms. The van der Waals surface area contributed by atoms with Gasteiger partial charge in [0.15, 0.2) is 0 Å². The Kier molecular flexibility index (Phi) is 6.08. The number of carbonyl (C=O) groups excluding carboxylic acids is 1. The Bertz CT molecular complexity index is 618. The third-order valence-electron chi connectivity index (χ3n) is 3.64. The van der Waals surface area contributed by atoms with Crippen LogP contribution in [0.4, 0.5) is 4.79 Å². The first-order valence-electron chi connectivity index (χ1n) is 8.46. The summed E-state index contributed by atoms with van der Waals surface area (Å²) in [6.45, 7) is 9.56. The van der Waals surface area contributed by atoms with Gasteiger partial charge in [-0.2, -0.15) is 5.06 Å². The SMILES string of the molecule is CCOc1ccc(C2ON(C(=O)OC(C)(C)C)C(CO)C=C2C)cc1. The fourth-order valence-electron chi connectivity index (χ4n) is 2.57. The van der Waals surface area contributed by atoms with E-state index in [1.54, 1.807) is 20.8 Å².